The van der Waals surface area contributed by atoms with Crippen LogP contribution in [0.2, 0.25) is 0 Å². The minimum atomic E-state index is -1.54. The minimum Gasteiger partial charge on any atom is -0.393 e. The third kappa shape index (κ3) is 1.60. The van der Waals surface area contributed by atoms with Crippen LogP contribution in [0.3, 0.4) is 0 Å². The average molecular weight is 118 g/mol. The van der Waals surface area contributed by atoms with Gasteiger partial charge < -0.3 is 10.2 Å². The Morgan fingerprint density at radius 1 is 1.75 bits per heavy atom. The first-order valence-electron chi connectivity index (χ1n) is 2.35. The van der Waals surface area contributed by atoms with Crippen LogP contribution in [0.25, 0.3) is 0 Å². The van der Waals surface area contributed by atoms with Crippen molar-refractivity contribution < 1.29 is 15.0 Å². The van der Waals surface area contributed by atoms with E-state index in [1.807, 2.05) is 0 Å². The van der Waals surface area contributed by atoms with E-state index >= 15 is 0 Å². The van der Waals surface area contributed by atoms with E-state index in [-0.39, 0.29) is 0 Å². The summed E-state index contributed by atoms with van der Waals surface area (Å²) in [6, 6.07) is 0. The van der Waals surface area contributed by atoms with Gasteiger partial charge in [-0.15, -0.1) is 0 Å². The zero-order valence-electron chi connectivity index (χ0n) is 5.01. The maximum absolute atomic E-state index is 10.3. The molecule has 8 heavy (non-hydrogen) atoms. The SMILES string of the molecule is CC(=O)[C@](C)(O)CO. The maximum atomic E-state index is 10.3. The van der Waals surface area contributed by atoms with Crippen LogP contribution in [0.1, 0.15) is 13.8 Å². The molecular formula is C5H10O3. The number of hydrogen-bond donors (Lipinski definition) is 2. The zero-order valence-corrected chi connectivity index (χ0v) is 5.01. The number of aliphatic hydroxyl groups is 2. The van der Waals surface area contributed by atoms with Crippen molar-refractivity contribution in [1.29, 1.82) is 0 Å². The number of Topliss-reactive ketones (excluding diaryl/α,β-unsaturated/α-hetero) is 1. The number of hydrogen-bond acceptors (Lipinski definition) is 3. The molecule has 0 saturated heterocycles. The summed E-state index contributed by atoms with van der Waals surface area (Å²) in [5.41, 5.74) is -1.54. The third-order valence-electron chi connectivity index (χ3n) is 1.07. The molecule has 0 aliphatic heterocycles. The van der Waals surface area contributed by atoms with E-state index in [4.69, 9.17) is 10.2 Å². The van der Waals surface area contributed by atoms with Gasteiger partial charge in [0, 0.05) is 0 Å². The smallest absolute Gasteiger partial charge is 0.163 e. The summed E-state index contributed by atoms with van der Waals surface area (Å²) in [4.78, 5) is 10.3. The van der Waals surface area contributed by atoms with Crippen LogP contribution in [0.15, 0.2) is 0 Å². The summed E-state index contributed by atoms with van der Waals surface area (Å²) >= 11 is 0. The highest BCUT2D eigenvalue weighted by molar-refractivity contribution is 5.84. The van der Waals surface area contributed by atoms with Crippen LogP contribution >= 0.6 is 0 Å². The van der Waals surface area contributed by atoms with Gasteiger partial charge in [-0.1, -0.05) is 0 Å². The Labute approximate surface area is 47.9 Å². The molecule has 0 unspecified atom stereocenters. The molecule has 0 saturated carbocycles. The van der Waals surface area contributed by atoms with Crippen molar-refractivity contribution >= 4 is 5.78 Å². The summed E-state index contributed by atoms with van der Waals surface area (Å²) in [5, 5.41) is 17.1. The Kier molecular flexibility index (Phi) is 2.12. The topological polar surface area (TPSA) is 57.5 Å². The first kappa shape index (κ1) is 7.59. The van der Waals surface area contributed by atoms with Crippen LogP contribution in [0.4, 0.5) is 0 Å². The van der Waals surface area contributed by atoms with Crippen LogP contribution in [0, 0.1) is 0 Å². The fourth-order valence-electron chi connectivity index (χ4n) is 0.111. The highest BCUT2D eigenvalue weighted by atomic mass is 16.3. The second-order valence-corrected chi connectivity index (χ2v) is 1.99. The molecule has 0 aromatic heterocycles. The van der Waals surface area contributed by atoms with Crippen molar-refractivity contribution in [3.8, 4) is 0 Å². The molecule has 2 N–H and O–H groups in total. The zero-order chi connectivity index (χ0) is 6.78. The highest BCUT2D eigenvalue weighted by Gasteiger charge is 2.24. The van der Waals surface area contributed by atoms with Gasteiger partial charge in [0.2, 0.25) is 0 Å². The molecule has 3 nitrogen and oxygen atoms in total. The second-order valence-electron chi connectivity index (χ2n) is 1.99. The van der Waals surface area contributed by atoms with Crippen molar-refractivity contribution in [2.75, 3.05) is 6.61 Å². The van der Waals surface area contributed by atoms with Gasteiger partial charge in [0.25, 0.3) is 0 Å². The van der Waals surface area contributed by atoms with Crippen molar-refractivity contribution in [2.24, 2.45) is 0 Å². The normalized spacial score (nSPS) is 17.5. The molecule has 0 spiro atoms. The summed E-state index contributed by atoms with van der Waals surface area (Å²) in [6.45, 7) is 1.99. The van der Waals surface area contributed by atoms with Crippen molar-refractivity contribution in [3.63, 3.8) is 0 Å². The van der Waals surface area contributed by atoms with E-state index in [9.17, 15) is 4.79 Å². The van der Waals surface area contributed by atoms with Gasteiger partial charge in [-0.3, -0.25) is 4.79 Å². The summed E-state index contributed by atoms with van der Waals surface area (Å²) in [6.07, 6.45) is 0. The summed E-state index contributed by atoms with van der Waals surface area (Å²) in [7, 11) is 0. The molecule has 0 heterocycles. The molecule has 0 amide bonds. The van der Waals surface area contributed by atoms with Crippen molar-refractivity contribution in [1.82, 2.24) is 0 Å². The third-order valence-corrected chi connectivity index (χ3v) is 1.07. The lowest BCUT2D eigenvalue weighted by atomic mass is 10.0. The van der Waals surface area contributed by atoms with Gasteiger partial charge in [0.15, 0.2) is 5.78 Å². The molecule has 0 aromatic carbocycles. The van der Waals surface area contributed by atoms with Gasteiger partial charge in [-0.05, 0) is 13.8 Å². The molecule has 0 fully saturated rings. The molecule has 0 aliphatic carbocycles. The predicted molar refractivity (Wildman–Crippen MR) is 28.4 cm³/mol. The monoisotopic (exact) mass is 118 g/mol. The molecule has 1 atom stereocenters. The van der Waals surface area contributed by atoms with Crippen LogP contribution in [-0.4, -0.2) is 28.2 Å². The molecular weight excluding hydrogens is 108 g/mol. The number of aliphatic hydroxyl groups excluding tert-OH is 1. The number of ketones is 1. The quantitative estimate of drug-likeness (QED) is 0.505. The average Bonchev–Trinajstić information content (AvgIpc) is 1.67. The number of rotatable bonds is 2. The lowest BCUT2D eigenvalue weighted by Gasteiger charge is -2.14. The van der Waals surface area contributed by atoms with Gasteiger partial charge in [0.05, 0.1) is 6.61 Å². The largest absolute Gasteiger partial charge is 0.393 e. The molecule has 0 aromatic rings. The van der Waals surface area contributed by atoms with Gasteiger partial charge in [-0.2, -0.15) is 0 Å². The number of carbonyl (C=O) groups excluding carboxylic acids is 1. The fraction of sp³-hybridized carbons (Fsp3) is 0.800. The maximum Gasteiger partial charge on any atom is 0.163 e. The molecule has 3 heteroatoms. The Balaban J connectivity index is 3.91. The summed E-state index contributed by atoms with van der Waals surface area (Å²) in [5.74, 6) is -0.417. The fourth-order valence-corrected chi connectivity index (χ4v) is 0.111. The standard InChI is InChI=1S/C5H10O3/c1-4(7)5(2,8)3-6/h6,8H,3H2,1-2H3/t5-/m1/s1. The first-order chi connectivity index (χ1) is 3.50. The predicted octanol–water partition coefficient (Wildman–Crippen LogP) is -0.681. The second kappa shape index (κ2) is 2.24. The molecule has 48 valence electrons. The van der Waals surface area contributed by atoms with E-state index in [2.05, 4.69) is 0 Å². The van der Waals surface area contributed by atoms with Crippen molar-refractivity contribution in [3.05, 3.63) is 0 Å². The Morgan fingerprint density at radius 2 is 2.12 bits per heavy atom. The van der Waals surface area contributed by atoms with E-state index in [1.54, 1.807) is 0 Å². The van der Waals surface area contributed by atoms with E-state index in [0.717, 1.165) is 0 Å². The van der Waals surface area contributed by atoms with E-state index in [1.165, 1.54) is 13.8 Å². The number of carbonyl (C=O) groups is 1. The summed E-state index contributed by atoms with van der Waals surface area (Å²) < 4.78 is 0. The molecule has 0 rings (SSSR count). The van der Waals surface area contributed by atoms with Crippen molar-refractivity contribution in [2.45, 2.75) is 19.4 Å². The Morgan fingerprint density at radius 3 is 2.12 bits per heavy atom. The highest BCUT2D eigenvalue weighted by Crippen LogP contribution is 2.00. The van der Waals surface area contributed by atoms with E-state index < -0.39 is 18.0 Å². The minimum absolute atomic E-state index is 0.417. The molecule has 0 bridgehead atoms. The first-order valence-corrected chi connectivity index (χ1v) is 2.35. The Bertz CT molecular complexity index is 95.8. The molecule has 0 aliphatic rings. The van der Waals surface area contributed by atoms with Crippen LogP contribution < -0.4 is 0 Å². The lowest BCUT2D eigenvalue weighted by Crippen LogP contribution is -2.36. The Hall–Kier alpha value is -0.410. The van der Waals surface area contributed by atoms with Gasteiger partial charge in [-0.25, -0.2) is 0 Å². The van der Waals surface area contributed by atoms with Gasteiger partial charge in [0.1, 0.15) is 5.60 Å². The molecule has 0 radical (unpaired) electrons. The van der Waals surface area contributed by atoms with Crippen LogP contribution in [-0.2, 0) is 4.79 Å². The van der Waals surface area contributed by atoms with E-state index in [0.29, 0.717) is 0 Å². The van der Waals surface area contributed by atoms with Gasteiger partial charge >= 0.3 is 0 Å². The van der Waals surface area contributed by atoms with Crippen LogP contribution in [0.5, 0.6) is 0 Å². The lowest BCUT2D eigenvalue weighted by molar-refractivity contribution is -0.136.